The fourth-order valence-corrected chi connectivity index (χ4v) is 1.82. The minimum Gasteiger partial charge on any atom is -0.337 e. The lowest BCUT2D eigenvalue weighted by atomic mass is 10.7. The zero-order valence-electron chi connectivity index (χ0n) is 6.31. The van der Waals surface area contributed by atoms with Crippen LogP contribution in [-0.4, -0.2) is 26.8 Å². The van der Waals surface area contributed by atoms with Crippen molar-refractivity contribution in [2.24, 2.45) is 0 Å². The van der Waals surface area contributed by atoms with Crippen LogP contribution in [0.3, 0.4) is 0 Å². The fourth-order valence-electron chi connectivity index (χ4n) is 0.756. The van der Waals surface area contributed by atoms with Crippen molar-refractivity contribution in [3.63, 3.8) is 0 Å². The average molecular weight is 188 g/mol. The summed E-state index contributed by atoms with van der Waals surface area (Å²) in [5.41, 5.74) is 0. The molecule has 0 amide bonds. The third-order valence-electron chi connectivity index (χ3n) is 1.29. The quantitative estimate of drug-likeness (QED) is 0.558. The van der Waals surface area contributed by atoms with Crippen molar-refractivity contribution in [1.29, 1.82) is 0 Å². The number of nitrogens with zero attached hydrogens (tertiary/aromatic N) is 2. The van der Waals surface area contributed by atoms with Gasteiger partial charge in [0.05, 0.1) is 6.33 Å². The summed E-state index contributed by atoms with van der Waals surface area (Å²) >= 11 is 6.06. The molecule has 62 valence electrons. The topological polar surface area (TPSA) is 17.8 Å². The predicted molar refractivity (Wildman–Crippen MR) is 53.4 cm³/mol. The highest BCUT2D eigenvalue weighted by Crippen LogP contribution is 2.01. The van der Waals surface area contributed by atoms with E-state index >= 15 is 0 Å². The van der Waals surface area contributed by atoms with E-state index < -0.39 is 0 Å². The lowest BCUT2D eigenvalue weighted by Crippen LogP contribution is -1.97. The van der Waals surface area contributed by atoms with Gasteiger partial charge >= 0.3 is 0 Å². The highest BCUT2D eigenvalue weighted by atomic mass is 32.2. The van der Waals surface area contributed by atoms with Gasteiger partial charge in [0.2, 0.25) is 0 Å². The van der Waals surface area contributed by atoms with Crippen molar-refractivity contribution in [2.45, 2.75) is 6.54 Å². The van der Waals surface area contributed by atoms with Crippen LogP contribution in [0.15, 0.2) is 18.7 Å². The highest BCUT2D eigenvalue weighted by Gasteiger charge is 1.89. The maximum absolute atomic E-state index is 4.13. The molecule has 0 unspecified atom stereocenters. The molecule has 0 atom stereocenters. The largest absolute Gasteiger partial charge is 0.337 e. The number of hydrogen-bond donors (Lipinski definition) is 1. The first-order valence-electron chi connectivity index (χ1n) is 3.58. The van der Waals surface area contributed by atoms with Crippen LogP contribution in [0, 0.1) is 0 Å². The molecule has 0 aromatic carbocycles. The van der Waals surface area contributed by atoms with E-state index in [1.165, 1.54) is 0 Å². The van der Waals surface area contributed by atoms with E-state index in [1.807, 2.05) is 30.5 Å². The molecule has 1 aromatic rings. The molecule has 0 spiro atoms. The second-order valence-electron chi connectivity index (χ2n) is 2.14. The number of imidazole rings is 1. The van der Waals surface area contributed by atoms with Crippen LogP contribution < -0.4 is 0 Å². The number of thiol groups is 1. The van der Waals surface area contributed by atoms with Gasteiger partial charge in [-0.25, -0.2) is 4.98 Å². The first kappa shape index (κ1) is 9.00. The van der Waals surface area contributed by atoms with Crippen LogP contribution in [0.25, 0.3) is 0 Å². The lowest BCUT2D eigenvalue weighted by molar-refractivity contribution is 0.770. The minimum atomic E-state index is 0.967. The zero-order chi connectivity index (χ0) is 7.94. The zero-order valence-corrected chi connectivity index (χ0v) is 8.02. The van der Waals surface area contributed by atoms with E-state index in [2.05, 4.69) is 22.2 Å². The summed E-state index contributed by atoms with van der Waals surface area (Å²) in [5.74, 6) is 3.25. The van der Waals surface area contributed by atoms with Gasteiger partial charge in [-0.3, -0.25) is 0 Å². The number of hydrogen-bond acceptors (Lipinski definition) is 3. The second kappa shape index (κ2) is 5.55. The van der Waals surface area contributed by atoms with Crippen molar-refractivity contribution >= 4 is 24.4 Å². The number of aromatic nitrogens is 2. The molecule has 1 heterocycles. The van der Waals surface area contributed by atoms with Gasteiger partial charge in [-0.2, -0.15) is 24.4 Å². The summed E-state index contributed by atoms with van der Waals surface area (Å²) in [4.78, 5) is 3.96. The Hall–Kier alpha value is -0.0900. The Bertz CT molecular complexity index is 175. The summed E-state index contributed by atoms with van der Waals surface area (Å²) in [6.45, 7) is 1.05. The van der Waals surface area contributed by atoms with Gasteiger partial charge in [0.25, 0.3) is 0 Å². The molecule has 0 bridgehead atoms. The monoisotopic (exact) mass is 188 g/mol. The maximum atomic E-state index is 4.13. The second-order valence-corrected chi connectivity index (χ2v) is 3.81. The van der Waals surface area contributed by atoms with E-state index in [-0.39, 0.29) is 0 Å². The Morgan fingerprint density at radius 3 is 3.00 bits per heavy atom. The van der Waals surface area contributed by atoms with Gasteiger partial charge in [0.15, 0.2) is 0 Å². The molecule has 0 saturated heterocycles. The Kier molecular flexibility index (Phi) is 4.54. The Labute approximate surface area is 76.8 Å². The molecule has 0 aliphatic rings. The van der Waals surface area contributed by atoms with Gasteiger partial charge in [-0.15, -0.1) is 0 Å². The molecule has 0 fully saturated rings. The summed E-state index contributed by atoms with van der Waals surface area (Å²) in [5, 5.41) is 0. The van der Waals surface area contributed by atoms with Crippen LogP contribution in [0.1, 0.15) is 0 Å². The molecule has 11 heavy (non-hydrogen) atoms. The fraction of sp³-hybridized carbons (Fsp3) is 0.571. The molecule has 0 N–H and O–H groups in total. The van der Waals surface area contributed by atoms with Gasteiger partial charge in [-0.05, 0) is 5.75 Å². The average Bonchev–Trinajstić information content (AvgIpc) is 2.50. The van der Waals surface area contributed by atoms with E-state index in [4.69, 9.17) is 0 Å². The van der Waals surface area contributed by atoms with Crippen LogP contribution >= 0.6 is 24.4 Å². The summed E-state index contributed by atoms with van der Waals surface area (Å²) in [6.07, 6.45) is 5.64. The molecule has 1 aromatic heterocycles. The standard InChI is InChI=1S/C7H12N2S2/c10-4-6-11-5-3-9-2-1-8-7-9/h1-2,7,10H,3-6H2. The summed E-state index contributed by atoms with van der Waals surface area (Å²) < 4.78 is 2.09. The van der Waals surface area contributed by atoms with E-state index in [9.17, 15) is 0 Å². The molecule has 1 rings (SSSR count). The minimum absolute atomic E-state index is 0.967. The normalized spacial score (nSPS) is 10.3. The van der Waals surface area contributed by atoms with Crippen molar-refractivity contribution in [3.05, 3.63) is 18.7 Å². The highest BCUT2D eigenvalue weighted by molar-refractivity contribution is 7.99. The molecular formula is C7H12N2S2. The van der Waals surface area contributed by atoms with Crippen LogP contribution in [0.2, 0.25) is 0 Å². The third kappa shape index (κ3) is 3.72. The lowest BCUT2D eigenvalue weighted by Gasteiger charge is -1.99. The van der Waals surface area contributed by atoms with Crippen molar-refractivity contribution < 1.29 is 0 Å². The van der Waals surface area contributed by atoms with E-state index in [0.29, 0.717) is 0 Å². The van der Waals surface area contributed by atoms with Gasteiger partial charge in [0.1, 0.15) is 0 Å². The number of rotatable bonds is 5. The Balaban J connectivity index is 2.04. The molecule has 0 radical (unpaired) electrons. The SMILES string of the molecule is SCCSCCn1ccnc1. The van der Waals surface area contributed by atoms with Crippen LogP contribution in [0.5, 0.6) is 0 Å². The smallest absolute Gasteiger partial charge is 0.0946 e. The molecular weight excluding hydrogens is 176 g/mol. The molecule has 0 aliphatic carbocycles. The number of thioether (sulfide) groups is 1. The van der Waals surface area contributed by atoms with Gasteiger partial charge in [0, 0.05) is 30.4 Å². The number of aryl methyl sites for hydroxylation is 1. The Morgan fingerprint density at radius 2 is 2.36 bits per heavy atom. The maximum Gasteiger partial charge on any atom is 0.0946 e. The van der Waals surface area contributed by atoms with Crippen molar-refractivity contribution in [1.82, 2.24) is 9.55 Å². The van der Waals surface area contributed by atoms with Crippen molar-refractivity contribution in [2.75, 3.05) is 17.3 Å². The van der Waals surface area contributed by atoms with Crippen LogP contribution in [-0.2, 0) is 6.54 Å². The molecule has 0 saturated carbocycles. The molecule has 2 nitrogen and oxygen atoms in total. The molecule has 4 heteroatoms. The molecule has 0 aliphatic heterocycles. The first-order valence-corrected chi connectivity index (χ1v) is 5.36. The van der Waals surface area contributed by atoms with Gasteiger partial charge in [-0.1, -0.05) is 0 Å². The Morgan fingerprint density at radius 1 is 1.45 bits per heavy atom. The summed E-state index contributed by atoms with van der Waals surface area (Å²) in [7, 11) is 0. The third-order valence-corrected chi connectivity index (χ3v) is 2.78. The van der Waals surface area contributed by atoms with Gasteiger partial charge < -0.3 is 4.57 Å². The van der Waals surface area contributed by atoms with E-state index in [1.54, 1.807) is 0 Å². The van der Waals surface area contributed by atoms with E-state index in [0.717, 1.165) is 23.8 Å². The van der Waals surface area contributed by atoms with Crippen LogP contribution in [0.4, 0.5) is 0 Å². The summed E-state index contributed by atoms with van der Waals surface area (Å²) in [6, 6.07) is 0. The first-order chi connectivity index (χ1) is 5.43. The van der Waals surface area contributed by atoms with Crippen molar-refractivity contribution in [3.8, 4) is 0 Å². The predicted octanol–water partition coefficient (Wildman–Crippen LogP) is 1.55.